The van der Waals surface area contributed by atoms with Crippen LogP contribution in [0.15, 0.2) is 54.9 Å². The topological polar surface area (TPSA) is 61.3 Å². The molecule has 0 saturated carbocycles. The molecule has 2 aromatic heterocycles. The van der Waals surface area contributed by atoms with Crippen molar-refractivity contribution in [3.8, 4) is 11.8 Å². The Bertz CT molecular complexity index is 904. The summed E-state index contributed by atoms with van der Waals surface area (Å²) in [5.74, 6) is -0.216. The van der Waals surface area contributed by atoms with E-state index >= 15 is 0 Å². The molecule has 3 rings (SSSR count). The van der Waals surface area contributed by atoms with Crippen molar-refractivity contribution >= 4 is 21.9 Å². The summed E-state index contributed by atoms with van der Waals surface area (Å²) >= 11 is -3.51. The Balaban J connectivity index is 1.85. The molecule has 0 aliphatic rings. The van der Waals surface area contributed by atoms with Crippen LogP contribution in [0.1, 0.15) is 5.56 Å². The van der Waals surface area contributed by atoms with E-state index in [0.29, 0.717) is 5.39 Å². The average molecular weight is 368 g/mol. The zero-order chi connectivity index (χ0) is 17.9. The van der Waals surface area contributed by atoms with Crippen molar-refractivity contribution in [3.63, 3.8) is 0 Å². The van der Waals surface area contributed by atoms with E-state index in [2.05, 4.69) is 14.2 Å². The van der Waals surface area contributed by atoms with Gasteiger partial charge in [-0.3, -0.25) is 0 Å². The molecule has 0 saturated heterocycles. The molecule has 1 atom stereocenters. The van der Waals surface area contributed by atoms with E-state index in [1.807, 2.05) is 30.3 Å². The highest BCUT2D eigenvalue weighted by Gasteiger charge is 2.40. The third-order valence-electron chi connectivity index (χ3n) is 3.16. The van der Waals surface area contributed by atoms with Crippen molar-refractivity contribution in [2.75, 3.05) is 0 Å². The fraction of sp³-hybridized carbons (Fsp3) is 0.125. The predicted octanol–water partition coefficient (Wildman–Crippen LogP) is 3.77. The molecule has 130 valence electrons. The van der Waals surface area contributed by atoms with Gasteiger partial charge in [0.05, 0.1) is 5.39 Å². The monoisotopic (exact) mass is 368 g/mol. The summed E-state index contributed by atoms with van der Waals surface area (Å²) in [5, 5.41) is 0.703. The zero-order valence-corrected chi connectivity index (χ0v) is 13.4. The summed E-state index contributed by atoms with van der Waals surface area (Å²) in [6.07, 6.45) is 2.66. The highest BCUT2D eigenvalue weighted by molar-refractivity contribution is 7.81. The van der Waals surface area contributed by atoms with Crippen molar-refractivity contribution in [1.82, 2.24) is 9.97 Å². The van der Waals surface area contributed by atoms with E-state index in [9.17, 15) is 17.4 Å². The predicted molar refractivity (Wildman–Crippen MR) is 85.1 cm³/mol. The van der Waals surface area contributed by atoms with Gasteiger partial charge in [0.15, 0.2) is 0 Å². The molecular formula is C16H11F3N2O3S. The Kier molecular flexibility index (Phi) is 4.84. The maximum Gasteiger partial charge on any atom is 0.508 e. The van der Waals surface area contributed by atoms with Crippen LogP contribution in [0.4, 0.5) is 13.2 Å². The zero-order valence-electron chi connectivity index (χ0n) is 12.6. The first-order chi connectivity index (χ1) is 11.9. The lowest BCUT2D eigenvalue weighted by Gasteiger charge is -2.10. The standard InChI is InChI=1S/C16H11F3N2O3S/c17-16(18,19)25(22)24-15-13-8-14(21-9-12(13)6-7-20-15)23-10-11-4-2-1-3-5-11/h1-9H,10H2. The van der Waals surface area contributed by atoms with Crippen LogP contribution in [-0.2, 0) is 17.7 Å². The first kappa shape index (κ1) is 17.2. The van der Waals surface area contributed by atoms with Crippen molar-refractivity contribution in [2.45, 2.75) is 12.1 Å². The minimum absolute atomic E-state index is 0.187. The van der Waals surface area contributed by atoms with Crippen molar-refractivity contribution in [2.24, 2.45) is 0 Å². The molecule has 0 amide bonds. The molecule has 0 radical (unpaired) electrons. The number of nitrogens with zero attached hydrogens (tertiary/aromatic N) is 2. The molecule has 0 bridgehead atoms. The molecule has 0 aliphatic carbocycles. The Labute approximate surface area is 143 Å². The average Bonchev–Trinajstić information content (AvgIpc) is 2.60. The summed E-state index contributed by atoms with van der Waals surface area (Å²) in [7, 11) is 0. The maximum absolute atomic E-state index is 12.4. The van der Waals surface area contributed by atoms with Crippen LogP contribution in [0.5, 0.6) is 11.8 Å². The van der Waals surface area contributed by atoms with Gasteiger partial charge in [0.1, 0.15) is 6.61 Å². The Morgan fingerprint density at radius 3 is 2.56 bits per heavy atom. The number of aromatic nitrogens is 2. The molecule has 2 heterocycles. The minimum atomic E-state index is -5.00. The van der Waals surface area contributed by atoms with Crippen LogP contribution in [-0.4, -0.2) is 19.7 Å². The van der Waals surface area contributed by atoms with Crippen LogP contribution >= 0.6 is 0 Å². The molecule has 1 unspecified atom stereocenters. The summed E-state index contributed by atoms with van der Waals surface area (Å²) in [6.45, 7) is 0.240. The minimum Gasteiger partial charge on any atom is -0.473 e. The van der Waals surface area contributed by atoms with Gasteiger partial charge in [0, 0.05) is 23.8 Å². The lowest BCUT2D eigenvalue weighted by molar-refractivity contribution is -0.0438. The van der Waals surface area contributed by atoms with Crippen molar-refractivity contribution < 1.29 is 26.3 Å². The Morgan fingerprint density at radius 1 is 1.08 bits per heavy atom. The largest absolute Gasteiger partial charge is 0.508 e. The number of halogens is 3. The smallest absolute Gasteiger partial charge is 0.473 e. The maximum atomic E-state index is 12.4. The number of rotatable bonds is 5. The summed E-state index contributed by atoms with van der Waals surface area (Å²) in [6, 6.07) is 12.3. The van der Waals surface area contributed by atoms with E-state index in [-0.39, 0.29) is 17.9 Å². The number of hydrogen-bond donors (Lipinski definition) is 0. The molecule has 5 nitrogen and oxygen atoms in total. The highest BCUT2D eigenvalue weighted by Crippen LogP contribution is 2.29. The van der Waals surface area contributed by atoms with E-state index in [1.165, 1.54) is 18.5 Å². The number of alkyl halides is 3. The van der Waals surface area contributed by atoms with Gasteiger partial charge in [-0.05, 0) is 11.6 Å². The van der Waals surface area contributed by atoms with E-state index in [1.54, 1.807) is 6.07 Å². The van der Waals surface area contributed by atoms with E-state index in [0.717, 1.165) is 5.56 Å². The van der Waals surface area contributed by atoms with E-state index < -0.39 is 22.5 Å². The Morgan fingerprint density at radius 2 is 1.84 bits per heavy atom. The van der Waals surface area contributed by atoms with Crippen LogP contribution in [0.25, 0.3) is 10.8 Å². The fourth-order valence-electron chi connectivity index (χ4n) is 2.02. The second-order valence-electron chi connectivity index (χ2n) is 4.90. The molecule has 0 fully saturated rings. The van der Waals surface area contributed by atoms with Crippen molar-refractivity contribution in [3.05, 3.63) is 60.4 Å². The van der Waals surface area contributed by atoms with Gasteiger partial charge in [-0.2, -0.15) is 13.2 Å². The van der Waals surface area contributed by atoms with Crippen LogP contribution in [0.2, 0.25) is 0 Å². The molecular weight excluding hydrogens is 357 g/mol. The SMILES string of the molecule is O=S(Oc1nccc2cnc(OCc3ccccc3)cc12)C(F)(F)F. The fourth-order valence-corrected chi connectivity index (χ4v) is 2.39. The van der Waals surface area contributed by atoms with Gasteiger partial charge in [-0.1, -0.05) is 30.3 Å². The van der Waals surface area contributed by atoms with Gasteiger partial charge in [0.2, 0.25) is 11.8 Å². The van der Waals surface area contributed by atoms with Gasteiger partial charge in [-0.25, -0.2) is 14.2 Å². The molecule has 25 heavy (non-hydrogen) atoms. The number of pyridine rings is 2. The normalized spacial score (nSPS) is 12.8. The summed E-state index contributed by atoms with van der Waals surface area (Å²) in [4.78, 5) is 7.81. The lowest BCUT2D eigenvalue weighted by atomic mass is 10.2. The summed E-state index contributed by atoms with van der Waals surface area (Å²) < 4.78 is 58.4. The lowest BCUT2D eigenvalue weighted by Crippen LogP contribution is -2.21. The third-order valence-corrected chi connectivity index (χ3v) is 3.85. The van der Waals surface area contributed by atoms with Crippen LogP contribution in [0, 0.1) is 0 Å². The summed E-state index contributed by atoms with van der Waals surface area (Å²) in [5.41, 5.74) is -4.09. The second kappa shape index (κ2) is 7.06. The number of benzene rings is 1. The molecule has 0 N–H and O–H groups in total. The van der Waals surface area contributed by atoms with Crippen molar-refractivity contribution in [1.29, 1.82) is 0 Å². The van der Waals surface area contributed by atoms with Crippen LogP contribution in [0.3, 0.4) is 0 Å². The second-order valence-corrected chi connectivity index (χ2v) is 6.00. The molecule has 3 aromatic rings. The first-order valence-electron chi connectivity index (χ1n) is 7.02. The number of ether oxygens (including phenoxy) is 1. The highest BCUT2D eigenvalue weighted by atomic mass is 32.2. The van der Waals surface area contributed by atoms with Gasteiger partial charge < -0.3 is 8.92 Å². The molecule has 0 aliphatic heterocycles. The van der Waals surface area contributed by atoms with Gasteiger partial charge >= 0.3 is 16.6 Å². The quantitative estimate of drug-likeness (QED) is 0.686. The molecule has 9 heteroatoms. The number of hydrogen-bond acceptors (Lipinski definition) is 5. The molecule has 1 aromatic carbocycles. The Hall–Kier alpha value is -2.68. The third kappa shape index (κ3) is 4.24. The molecule has 0 spiro atoms. The first-order valence-corrected chi connectivity index (χ1v) is 8.09. The van der Waals surface area contributed by atoms with E-state index in [4.69, 9.17) is 4.74 Å². The van der Waals surface area contributed by atoms with Crippen LogP contribution < -0.4 is 8.92 Å². The van der Waals surface area contributed by atoms with Gasteiger partial charge in [0.25, 0.3) is 0 Å². The number of fused-ring (bicyclic) bond motifs is 1. The van der Waals surface area contributed by atoms with Gasteiger partial charge in [-0.15, -0.1) is 0 Å².